The number of methoxy groups -OCH3 is 3. The van der Waals surface area contributed by atoms with Crippen LogP contribution in [0.2, 0.25) is 5.02 Å². The van der Waals surface area contributed by atoms with Crippen molar-refractivity contribution in [1.82, 2.24) is 0 Å². The van der Waals surface area contributed by atoms with E-state index < -0.39 is 15.9 Å². The minimum Gasteiger partial charge on any atom is -0.495 e. The predicted molar refractivity (Wildman–Crippen MR) is 123 cm³/mol. The van der Waals surface area contributed by atoms with Crippen molar-refractivity contribution in [3.05, 3.63) is 76.8 Å². The molecule has 0 saturated heterocycles. The fourth-order valence-corrected chi connectivity index (χ4v) is 4.71. The van der Waals surface area contributed by atoms with Gasteiger partial charge in [-0.15, -0.1) is 0 Å². The Kier molecular flexibility index (Phi) is 6.96. The molecule has 0 heterocycles. The molecule has 0 aromatic heterocycles. The van der Waals surface area contributed by atoms with Gasteiger partial charge < -0.3 is 14.2 Å². The van der Waals surface area contributed by atoms with Gasteiger partial charge in [-0.2, -0.15) is 4.31 Å². The van der Waals surface area contributed by atoms with E-state index in [1.807, 2.05) is 6.92 Å². The number of amides is 1. The molecule has 32 heavy (non-hydrogen) atoms. The smallest absolute Gasteiger partial charge is 0.272 e. The molecule has 0 fully saturated rings. The first-order chi connectivity index (χ1) is 15.2. The number of nitrogens with zero attached hydrogens (tertiary/aromatic N) is 1. The van der Waals surface area contributed by atoms with Crippen molar-refractivity contribution in [2.24, 2.45) is 0 Å². The van der Waals surface area contributed by atoms with Crippen LogP contribution in [-0.2, 0) is 10.0 Å². The summed E-state index contributed by atoms with van der Waals surface area (Å²) in [5.74, 6) is 0.262. The lowest BCUT2D eigenvalue weighted by Crippen LogP contribution is -2.37. The molecule has 0 unspecified atom stereocenters. The van der Waals surface area contributed by atoms with Crippen molar-refractivity contribution in [3.63, 3.8) is 0 Å². The summed E-state index contributed by atoms with van der Waals surface area (Å²) in [7, 11) is 0.0553. The molecule has 0 atom stereocenters. The van der Waals surface area contributed by atoms with E-state index in [0.717, 1.165) is 5.56 Å². The van der Waals surface area contributed by atoms with Gasteiger partial charge in [-0.25, -0.2) is 8.42 Å². The van der Waals surface area contributed by atoms with E-state index in [4.69, 9.17) is 25.8 Å². The largest absolute Gasteiger partial charge is 0.495 e. The maximum absolute atomic E-state index is 13.6. The lowest BCUT2D eigenvalue weighted by atomic mass is 10.1. The zero-order chi connectivity index (χ0) is 23.5. The van der Waals surface area contributed by atoms with Gasteiger partial charge in [0.25, 0.3) is 15.9 Å². The highest BCUT2D eigenvalue weighted by Gasteiger charge is 2.33. The zero-order valence-electron chi connectivity index (χ0n) is 18.0. The van der Waals surface area contributed by atoms with Crippen LogP contribution in [0.25, 0.3) is 0 Å². The Morgan fingerprint density at radius 2 is 1.41 bits per heavy atom. The Labute approximate surface area is 192 Å². The second-order valence-electron chi connectivity index (χ2n) is 6.78. The number of carbonyl (C=O) groups excluding carboxylic acids is 1. The van der Waals surface area contributed by atoms with Crippen molar-refractivity contribution >= 4 is 33.2 Å². The number of carbonyl (C=O) groups is 1. The monoisotopic (exact) mass is 475 g/mol. The molecule has 168 valence electrons. The molecular weight excluding hydrogens is 454 g/mol. The first kappa shape index (κ1) is 23.4. The third kappa shape index (κ3) is 4.51. The molecule has 0 aliphatic heterocycles. The summed E-state index contributed by atoms with van der Waals surface area (Å²) < 4.78 is 43.5. The van der Waals surface area contributed by atoms with Gasteiger partial charge in [0, 0.05) is 5.56 Å². The third-order valence-corrected chi connectivity index (χ3v) is 6.76. The van der Waals surface area contributed by atoms with Gasteiger partial charge in [0.05, 0.1) is 36.9 Å². The van der Waals surface area contributed by atoms with E-state index in [2.05, 4.69) is 0 Å². The number of anilines is 1. The normalized spacial score (nSPS) is 11.0. The highest BCUT2D eigenvalue weighted by molar-refractivity contribution is 7.93. The molecule has 0 saturated carbocycles. The van der Waals surface area contributed by atoms with Crippen molar-refractivity contribution in [1.29, 1.82) is 0 Å². The molecule has 9 heteroatoms. The Hall–Kier alpha value is -3.23. The second kappa shape index (κ2) is 9.50. The molecule has 3 aromatic carbocycles. The molecule has 3 aromatic rings. The van der Waals surface area contributed by atoms with Crippen molar-refractivity contribution < 1.29 is 27.4 Å². The summed E-state index contributed by atoms with van der Waals surface area (Å²) >= 11 is 6.23. The van der Waals surface area contributed by atoms with Crippen molar-refractivity contribution in [2.75, 3.05) is 25.6 Å². The van der Waals surface area contributed by atoms with Crippen LogP contribution in [0.4, 0.5) is 5.69 Å². The molecule has 0 aliphatic carbocycles. The van der Waals surface area contributed by atoms with Crippen molar-refractivity contribution in [3.8, 4) is 17.2 Å². The maximum atomic E-state index is 13.6. The van der Waals surface area contributed by atoms with Gasteiger partial charge in [-0.05, 0) is 55.5 Å². The third-order valence-electron chi connectivity index (χ3n) is 4.74. The first-order valence-electron chi connectivity index (χ1n) is 9.44. The molecule has 7 nitrogen and oxygen atoms in total. The molecule has 0 bridgehead atoms. The number of rotatable bonds is 7. The van der Waals surface area contributed by atoms with Crippen LogP contribution in [0, 0.1) is 6.92 Å². The van der Waals surface area contributed by atoms with E-state index in [1.165, 1.54) is 69.9 Å². The van der Waals surface area contributed by atoms with Crippen LogP contribution >= 0.6 is 11.6 Å². The standard InChI is InChI=1S/C23H22ClNO6S/c1-15-5-9-18(10-6-15)32(27,28)25(17-8-12-20(29-2)19(24)14-17)23(26)16-7-11-21(30-3)22(13-16)31-4/h5-14H,1-4H3. The molecule has 3 rings (SSSR count). The van der Waals surface area contributed by atoms with E-state index in [-0.39, 0.29) is 21.2 Å². The summed E-state index contributed by atoms with van der Waals surface area (Å²) in [5, 5.41) is 0.161. The second-order valence-corrected chi connectivity index (χ2v) is 8.97. The van der Waals surface area contributed by atoms with Crippen LogP contribution < -0.4 is 18.5 Å². The first-order valence-corrected chi connectivity index (χ1v) is 11.3. The number of benzene rings is 3. The van der Waals surface area contributed by atoms with Crippen LogP contribution in [0.1, 0.15) is 15.9 Å². The van der Waals surface area contributed by atoms with E-state index in [1.54, 1.807) is 12.1 Å². The van der Waals surface area contributed by atoms with Gasteiger partial charge >= 0.3 is 0 Å². The Morgan fingerprint density at radius 1 is 0.812 bits per heavy atom. The van der Waals surface area contributed by atoms with Crippen LogP contribution in [0.3, 0.4) is 0 Å². The average Bonchev–Trinajstić information content (AvgIpc) is 2.78. The van der Waals surface area contributed by atoms with Crippen LogP contribution in [0.5, 0.6) is 17.2 Å². The molecule has 0 spiro atoms. The Morgan fingerprint density at radius 3 is 1.97 bits per heavy atom. The van der Waals surface area contributed by atoms with E-state index >= 15 is 0 Å². The highest BCUT2D eigenvalue weighted by atomic mass is 35.5. The number of ether oxygens (including phenoxy) is 3. The summed E-state index contributed by atoms with van der Waals surface area (Å²) in [6.45, 7) is 1.84. The van der Waals surface area contributed by atoms with Gasteiger partial charge in [0.15, 0.2) is 11.5 Å². The minimum absolute atomic E-state index is 0.0381. The summed E-state index contributed by atoms with van der Waals surface area (Å²) in [4.78, 5) is 13.5. The van der Waals surface area contributed by atoms with E-state index in [9.17, 15) is 13.2 Å². The van der Waals surface area contributed by atoms with Gasteiger partial charge in [-0.3, -0.25) is 4.79 Å². The molecule has 0 radical (unpaired) electrons. The lowest BCUT2D eigenvalue weighted by molar-refractivity contribution is 0.100. The van der Waals surface area contributed by atoms with Gasteiger partial charge in [0.1, 0.15) is 5.75 Å². The molecule has 0 N–H and O–H groups in total. The molecular formula is C23H22ClNO6S. The SMILES string of the molecule is COc1ccc(N(C(=O)c2ccc(OC)c(OC)c2)S(=O)(=O)c2ccc(C)cc2)cc1Cl. The number of hydrogen-bond acceptors (Lipinski definition) is 6. The zero-order valence-corrected chi connectivity index (χ0v) is 19.5. The fraction of sp³-hybridized carbons (Fsp3) is 0.174. The van der Waals surface area contributed by atoms with Gasteiger partial charge in [-0.1, -0.05) is 29.3 Å². The number of sulfonamides is 1. The topological polar surface area (TPSA) is 82.1 Å². The fourth-order valence-electron chi connectivity index (χ4n) is 3.05. The van der Waals surface area contributed by atoms with Gasteiger partial charge in [0.2, 0.25) is 0 Å². The van der Waals surface area contributed by atoms with Crippen molar-refractivity contribution in [2.45, 2.75) is 11.8 Å². The predicted octanol–water partition coefficient (Wildman–Crippen LogP) is 4.71. The summed E-state index contributed by atoms with van der Waals surface area (Å²) in [6, 6.07) is 15.0. The highest BCUT2D eigenvalue weighted by Crippen LogP contribution is 2.34. The minimum atomic E-state index is -4.28. The van der Waals surface area contributed by atoms with E-state index in [0.29, 0.717) is 21.6 Å². The van der Waals surface area contributed by atoms with Crippen LogP contribution in [0.15, 0.2) is 65.6 Å². The quantitative estimate of drug-likeness (QED) is 0.492. The number of aryl methyl sites for hydroxylation is 1. The Bertz CT molecular complexity index is 1240. The lowest BCUT2D eigenvalue weighted by Gasteiger charge is -2.24. The molecule has 1 amide bonds. The molecule has 0 aliphatic rings. The number of hydrogen-bond donors (Lipinski definition) is 0. The number of halogens is 1. The summed E-state index contributed by atoms with van der Waals surface area (Å²) in [6.07, 6.45) is 0. The summed E-state index contributed by atoms with van der Waals surface area (Å²) in [5.41, 5.74) is 1.04. The maximum Gasteiger partial charge on any atom is 0.272 e. The average molecular weight is 476 g/mol. The Balaban J connectivity index is 2.19. The van der Waals surface area contributed by atoms with Crippen LogP contribution in [-0.4, -0.2) is 35.7 Å².